The molecule has 0 spiro atoms. The van der Waals surface area contributed by atoms with Crippen LogP contribution in [0.4, 0.5) is 5.69 Å². The molecule has 0 unspecified atom stereocenters. The van der Waals surface area contributed by atoms with Gasteiger partial charge < -0.3 is 0 Å². The van der Waals surface area contributed by atoms with Crippen LogP contribution in [0.15, 0.2) is 59.5 Å². The number of ketones is 1. The summed E-state index contributed by atoms with van der Waals surface area (Å²) in [4.78, 5) is 23.5. The Kier molecular flexibility index (Phi) is 5.49. The average Bonchev–Trinajstić information content (AvgIpc) is 2.54. The van der Waals surface area contributed by atoms with Crippen molar-refractivity contribution < 1.29 is 9.72 Å². The topological polar surface area (TPSA) is 60.2 Å². The van der Waals surface area contributed by atoms with Crippen LogP contribution in [-0.2, 0) is 0 Å². The summed E-state index contributed by atoms with van der Waals surface area (Å²) in [6.07, 6.45) is 3.02. The zero-order chi connectivity index (χ0) is 15.9. The Hall–Kier alpha value is -2.40. The lowest BCUT2D eigenvalue weighted by atomic mass is 10.1. The van der Waals surface area contributed by atoms with E-state index in [9.17, 15) is 14.9 Å². The Morgan fingerprint density at radius 2 is 1.95 bits per heavy atom. The molecule has 0 fully saturated rings. The van der Waals surface area contributed by atoms with Crippen molar-refractivity contribution in [3.63, 3.8) is 0 Å². The second kappa shape index (κ2) is 7.56. The maximum atomic E-state index is 12.1. The number of nitro benzene ring substituents is 1. The number of nitro groups is 1. The predicted molar refractivity (Wildman–Crippen MR) is 89.3 cm³/mol. The highest BCUT2D eigenvalue weighted by Gasteiger charge is 2.05. The Labute approximate surface area is 133 Å². The fourth-order valence-corrected chi connectivity index (χ4v) is 2.55. The van der Waals surface area contributed by atoms with E-state index in [-0.39, 0.29) is 11.5 Å². The molecule has 0 aliphatic carbocycles. The molecule has 22 heavy (non-hydrogen) atoms. The first kappa shape index (κ1) is 16.0. The minimum atomic E-state index is -0.455. The van der Waals surface area contributed by atoms with Crippen molar-refractivity contribution in [3.05, 3.63) is 75.8 Å². The van der Waals surface area contributed by atoms with Gasteiger partial charge in [0.05, 0.1) is 4.92 Å². The van der Waals surface area contributed by atoms with Crippen molar-refractivity contribution in [1.82, 2.24) is 0 Å². The summed E-state index contributed by atoms with van der Waals surface area (Å²) in [6, 6.07) is 13.6. The third kappa shape index (κ3) is 4.30. The van der Waals surface area contributed by atoms with E-state index in [0.717, 1.165) is 10.6 Å². The molecular weight excluding hydrogens is 298 g/mol. The van der Waals surface area contributed by atoms with Gasteiger partial charge in [-0.25, -0.2) is 0 Å². The second-order valence-electron chi connectivity index (χ2n) is 4.51. The average molecular weight is 313 g/mol. The van der Waals surface area contributed by atoms with Crippen LogP contribution in [0, 0.1) is 10.1 Å². The van der Waals surface area contributed by atoms with Crippen LogP contribution in [0.25, 0.3) is 6.08 Å². The molecule has 0 aliphatic heterocycles. The zero-order valence-corrected chi connectivity index (χ0v) is 12.9. The van der Waals surface area contributed by atoms with Crippen LogP contribution in [-0.4, -0.2) is 16.5 Å². The Bertz CT molecular complexity index is 708. The highest BCUT2D eigenvalue weighted by atomic mass is 32.2. The summed E-state index contributed by atoms with van der Waals surface area (Å²) in [5.41, 5.74) is 1.23. The number of nitrogens with zero attached hydrogens (tertiary/aromatic N) is 1. The number of thioether (sulfide) groups is 1. The first-order valence-corrected chi connectivity index (χ1v) is 7.78. The molecule has 0 N–H and O–H groups in total. The molecule has 0 aromatic heterocycles. The molecule has 2 aromatic carbocycles. The quantitative estimate of drug-likeness (QED) is 0.257. The summed E-state index contributed by atoms with van der Waals surface area (Å²) in [5.74, 6) is 0.861. The van der Waals surface area contributed by atoms with E-state index >= 15 is 0 Å². The molecule has 112 valence electrons. The van der Waals surface area contributed by atoms with Crippen molar-refractivity contribution in [2.75, 3.05) is 5.75 Å². The van der Waals surface area contributed by atoms with Gasteiger partial charge in [0.15, 0.2) is 5.78 Å². The van der Waals surface area contributed by atoms with Crippen LogP contribution >= 0.6 is 11.8 Å². The van der Waals surface area contributed by atoms with Gasteiger partial charge in [-0.3, -0.25) is 14.9 Å². The molecule has 5 heteroatoms. The highest BCUT2D eigenvalue weighted by molar-refractivity contribution is 7.99. The number of carbonyl (C=O) groups excluding carboxylic acids is 1. The van der Waals surface area contributed by atoms with E-state index in [1.54, 1.807) is 42.1 Å². The SMILES string of the molecule is CCSc1ccc(C(=O)C=Cc2cccc([N+](=O)[O-])c2)cc1. The monoisotopic (exact) mass is 313 g/mol. The normalized spacial score (nSPS) is 10.8. The summed E-state index contributed by atoms with van der Waals surface area (Å²) < 4.78 is 0. The number of non-ortho nitro benzene ring substituents is 1. The summed E-state index contributed by atoms with van der Waals surface area (Å²) in [6.45, 7) is 2.07. The summed E-state index contributed by atoms with van der Waals surface area (Å²) >= 11 is 1.72. The number of hydrogen-bond donors (Lipinski definition) is 0. The van der Waals surface area contributed by atoms with Crippen molar-refractivity contribution in [1.29, 1.82) is 0 Å². The van der Waals surface area contributed by atoms with Gasteiger partial charge in [-0.15, -0.1) is 11.8 Å². The fourth-order valence-electron chi connectivity index (χ4n) is 1.89. The van der Waals surface area contributed by atoms with Crippen molar-refractivity contribution >= 4 is 29.3 Å². The van der Waals surface area contributed by atoms with E-state index in [4.69, 9.17) is 0 Å². The molecule has 0 saturated carbocycles. The second-order valence-corrected chi connectivity index (χ2v) is 5.84. The molecule has 0 heterocycles. The first-order chi connectivity index (χ1) is 10.6. The lowest BCUT2D eigenvalue weighted by molar-refractivity contribution is -0.384. The van der Waals surface area contributed by atoms with E-state index in [2.05, 4.69) is 6.92 Å². The standard InChI is InChI=1S/C17H15NO3S/c1-2-22-16-9-7-14(8-10-16)17(19)11-6-13-4-3-5-15(12-13)18(20)21/h3-12H,2H2,1H3. The van der Waals surface area contributed by atoms with Gasteiger partial charge in [0.1, 0.15) is 0 Å². The minimum absolute atomic E-state index is 0.00976. The van der Waals surface area contributed by atoms with Gasteiger partial charge in [0.2, 0.25) is 0 Å². The van der Waals surface area contributed by atoms with Gasteiger partial charge >= 0.3 is 0 Å². The van der Waals surface area contributed by atoms with E-state index < -0.39 is 4.92 Å². The third-order valence-corrected chi connectivity index (χ3v) is 3.85. The molecule has 0 radical (unpaired) electrons. The van der Waals surface area contributed by atoms with Gasteiger partial charge in [-0.2, -0.15) is 0 Å². The fraction of sp³-hybridized carbons (Fsp3) is 0.118. The zero-order valence-electron chi connectivity index (χ0n) is 12.1. The predicted octanol–water partition coefficient (Wildman–Crippen LogP) is 4.60. The molecule has 4 nitrogen and oxygen atoms in total. The van der Waals surface area contributed by atoms with E-state index in [0.29, 0.717) is 11.1 Å². The van der Waals surface area contributed by atoms with Crippen LogP contribution in [0.3, 0.4) is 0 Å². The van der Waals surface area contributed by atoms with Crippen molar-refractivity contribution in [3.8, 4) is 0 Å². The lowest BCUT2D eigenvalue weighted by Gasteiger charge is -2.00. The Morgan fingerprint density at radius 1 is 1.23 bits per heavy atom. The van der Waals surface area contributed by atoms with Crippen molar-refractivity contribution in [2.45, 2.75) is 11.8 Å². The minimum Gasteiger partial charge on any atom is -0.289 e. The molecule has 0 bridgehead atoms. The van der Waals surface area contributed by atoms with Crippen LogP contribution in [0.5, 0.6) is 0 Å². The smallest absolute Gasteiger partial charge is 0.270 e. The van der Waals surface area contributed by atoms with Gasteiger partial charge in [-0.1, -0.05) is 25.1 Å². The maximum Gasteiger partial charge on any atom is 0.270 e. The van der Waals surface area contributed by atoms with Gasteiger partial charge in [0.25, 0.3) is 5.69 Å². The molecule has 0 saturated heterocycles. The van der Waals surface area contributed by atoms with Crippen LogP contribution < -0.4 is 0 Å². The largest absolute Gasteiger partial charge is 0.289 e. The van der Waals surface area contributed by atoms with Crippen LogP contribution in [0.2, 0.25) is 0 Å². The Balaban J connectivity index is 2.10. The van der Waals surface area contributed by atoms with Gasteiger partial charge in [0, 0.05) is 22.6 Å². The first-order valence-electron chi connectivity index (χ1n) is 6.80. The number of benzene rings is 2. The summed E-state index contributed by atoms with van der Waals surface area (Å²) in [5, 5.41) is 10.7. The third-order valence-electron chi connectivity index (χ3n) is 2.96. The number of rotatable bonds is 6. The van der Waals surface area contributed by atoms with Crippen LogP contribution in [0.1, 0.15) is 22.8 Å². The molecule has 0 amide bonds. The Morgan fingerprint density at radius 3 is 2.59 bits per heavy atom. The summed E-state index contributed by atoms with van der Waals surface area (Å²) in [7, 11) is 0. The van der Waals surface area contributed by atoms with E-state index in [1.807, 2.05) is 12.1 Å². The lowest BCUT2D eigenvalue weighted by Crippen LogP contribution is -1.93. The number of hydrogen-bond acceptors (Lipinski definition) is 4. The molecule has 0 atom stereocenters. The van der Waals surface area contributed by atoms with E-state index in [1.165, 1.54) is 18.2 Å². The van der Waals surface area contributed by atoms with Crippen molar-refractivity contribution in [2.24, 2.45) is 0 Å². The number of carbonyl (C=O) groups is 1. The van der Waals surface area contributed by atoms with Gasteiger partial charge in [-0.05, 0) is 41.7 Å². The molecule has 2 rings (SSSR count). The maximum absolute atomic E-state index is 12.1. The highest BCUT2D eigenvalue weighted by Crippen LogP contribution is 2.18. The molecular formula is C17H15NO3S. The molecule has 0 aliphatic rings. The molecule has 2 aromatic rings. The number of allylic oxidation sites excluding steroid dienone is 1.